The number of thioether (sulfide) groups is 1. The molecule has 1 aromatic carbocycles. The number of rotatable bonds is 9. The molecular formula is C16H24N2O3S2. The van der Waals surface area contributed by atoms with Crippen LogP contribution in [0.15, 0.2) is 30.3 Å². The van der Waals surface area contributed by atoms with E-state index in [1.165, 1.54) is 0 Å². The average Bonchev–Trinajstić information content (AvgIpc) is 3.29. The summed E-state index contributed by atoms with van der Waals surface area (Å²) in [6, 6.07) is 8.91. The zero-order valence-corrected chi connectivity index (χ0v) is 15.0. The van der Waals surface area contributed by atoms with Crippen LogP contribution in [0.5, 0.6) is 0 Å². The van der Waals surface area contributed by atoms with Crippen molar-refractivity contribution < 1.29 is 13.2 Å². The summed E-state index contributed by atoms with van der Waals surface area (Å²) in [5.41, 5.74) is 0.979. The number of benzene rings is 1. The van der Waals surface area contributed by atoms with Gasteiger partial charge in [-0.25, -0.2) is 17.9 Å². The molecule has 0 spiro atoms. The fraction of sp³-hybridized carbons (Fsp3) is 0.562. The van der Waals surface area contributed by atoms with E-state index in [2.05, 4.69) is 10.0 Å². The number of carbonyl (C=O) groups is 1. The summed E-state index contributed by atoms with van der Waals surface area (Å²) in [5, 5.41) is 2.62. The molecule has 2 amide bonds. The van der Waals surface area contributed by atoms with Gasteiger partial charge in [0.05, 0.1) is 4.75 Å². The molecule has 1 saturated carbocycles. The largest absolute Gasteiger partial charge is 0.337 e. The molecule has 0 unspecified atom stereocenters. The smallest absolute Gasteiger partial charge is 0.328 e. The number of urea groups is 1. The van der Waals surface area contributed by atoms with Gasteiger partial charge in [-0.15, -0.1) is 0 Å². The van der Waals surface area contributed by atoms with Gasteiger partial charge in [0, 0.05) is 6.54 Å². The van der Waals surface area contributed by atoms with E-state index in [0.717, 1.165) is 24.2 Å². The van der Waals surface area contributed by atoms with Gasteiger partial charge >= 0.3 is 6.03 Å². The summed E-state index contributed by atoms with van der Waals surface area (Å²) in [6.07, 6.45) is 5.53. The number of hydrogen-bond acceptors (Lipinski definition) is 4. The Balaban J connectivity index is 1.85. The molecule has 5 nitrogen and oxygen atoms in total. The van der Waals surface area contributed by atoms with E-state index >= 15 is 0 Å². The average molecular weight is 357 g/mol. The summed E-state index contributed by atoms with van der Waals surface area (Å²) in [5.74, 6) is 1.04. The molecule has 1 fully saturated rings. The standard InChI is InChI=1S/C16H24N2O3S2/c1-22-12-6-5-11-17-15(19)18-23(20,21)16(9-10-16)13-14-7-3-2-4-8-14/h2-4,7-8H,5-6,9-13H2,1H3,(H2,17,18,19). The molecule has 23 heavy (non-hydrogen) atoms. The molecule has 128 valence electrons. The second kappa shape index (κ2) is 8.06. The number of nitrogens with one attached hydrogen (secondary N) is 2. The Bertz CT molecular complexity index is 613. The summed E-state index contributed by atoms with van der Waals surface area (Å²) < 4.78 is 26.3. The van der Waals surface area contributed by atoms with Gasteiger partial charge in [-0.05, 0) is 49.7 Å². The van der Waals surface area contributed by atoms with Gasteiger partial charge in [-0.2, -0.15) is 11.8 Å². The van der Waals surface area contributed by atoms with E-state index < -0.39 is 20.8 Å². The molecule has 1 aliphatic carbocycles. The zero-order valence-electron chi connectivity index (χ0n) is 13.4. The molecule has 2 rings (SSSR count). The van der Waals surface area contributed by atoms with Crippen LogP contribution in [0.1, 0.15) is 31.2 Å². The third-order valence-corrected chi connectivity index (χ3v) is 6.88. The Morgan fingerprint density at radius 1 is 1.22 bits per heavy atom. The Hall–Kier alpha value is -1.21. The number of sulfonamides is 1. The van der Waals surface area contributed by atoms with Crippen molar-refractivity contribution in [2.24, 2.45) is 0 Å². The van der Waals surface area contributed by atoms with Crippen LogP contribution in [-0.4, -0.2) is 37.7 Å². The van der Waals surface area contributed by atoms with Crippen LogP contribution in [0.25, 0.3) is 0 Å². The molecule has 1 aromatic rings. The molecule has 0 bridgehead atoms. The Morgan fingerprint density at radius 3 is 2.52 bits per heavy atom. The summed E-state index contributed by atoms with van der Waals surface area (Å²) in [4.78, 5) is 11.8. The first-order valence-electron chi connectivity index (χ1n) is 7.82. The van der Waals surface area contributed by atoms with Crippen molar-refractivity contribution in [3.05, 3.63) is 35.9 Å². The van der Waals surface area contributed by atoms with Gasteiger partial charge in [-0.1, -0.05) is 30.3 Å². The molecule has 7 heteroatoms. The highest BCUT2D eigenvalue weighted by molar-refractivity contribution is 7.98. The van der Waals surface area contributed by atoms with Crippen LogP contribution in [0.2, 0.25) is 0 Å². The van der Waals surface area contributed by atoms with Crippen LogP contribution in [0.3, 0.4) is 0 Å². The van der Waals surface area contributed by atoms with Crippen LogP contribution < -0.4 is 10.0 Å². The molecule has 0 saturated heterocycles. The molecule has 2 N–H and O–H groups in total. The van der Waals surface area contributed by atoms with E-state index in [0.29, 0.717) is 25.8 Å². The number of hydrogen-bond donors (Lipinski definition) is 2. The molecule has 1 aliphatic rings. The minimum atomic E-state index is -3.66. The Labute approximate surface area is 142 Å². The predicted molar refractivity (Wildman–Crippen MR) is 95.2 cm³/mol. The van der Waals surface area contributed by atoms with Gasteiger partial charge < -0.3 is 5.32 Å². The molecule has 0 radical (unpaired) electrons. The van der Waals surface area contributed by atoms with E-state index in [9.17, 15) is 13.2 Å². The van der Waals surface area contributed by atoms with Crippen molar-refractivity contribution in [1.82, 2.24) is 10.0 Å². The van der Waals surface area contributed by atoms with Crippen molar-refractivity contribution in [1.29, 1.82) is 0 Å². The van der Waals surface area contributed by atoms with Gasteiger partial charge in [0.25, 0.3) is 0 Å². The minimum Gasteiger partial charge on any atom is -0.337 e. The molecule has 0 aromatic heterocycles. The highest BCUT2D eigenvalue weighted by Gasteiger charge is 2.55. The second-order valence-corrected chi connectivity index (χ2v) is 8.97. The van der Waals surface area contributed by atoms with Crippen molar-refractivity contribution in [2.75, 3.05) is 18.6 Å². The van der Waals surface area contributed by atoms with Crippen molar-refractivity contribution >= 4 is 27.8 Å². The molecular weight excluding hydrogens is 332 g/mol. The lowest BCUT2D eigenvalue weighted by molar-refractivity contribution is 0.245. The normalized spacial score (nSPS) is 15.9. The van der Waals surface area contributed by atoms with Crippen molar-refractivity contribution in [3.63, 3.8) is 0 Å². The van der Waals surface area contributed by atoms with Crippen LogP contribution in [-0.2, 0) is 16.4 Å². The van der Waals surface area contributed by atoms with E-state index in [1.54, 1.807) is 11.8 Å². The van der Waals surface area contributed by atoms with Gasteiger partial charge in [0.2, 0.25) is 10.0 Å². The maximum Gasteiger partial charge on any atom is 0.328 e. The monoisotopic (exact) mass is 356 g/mol. The summed E-state index contributed by atoms with van der Waals surface area (Å²) >= 11 is 1.76. The number of carbonyl (C=O) groups excluding carboxylic acids is 1. The third kappa shape index (κ3) is 5.14. The fourth-order valence-corrected chi connectivity index (χ4v) is 4.51. The van der Waals surface area contributed by atoms with Crippen molar-refractivity contribution in [2.45, 2.75) is 36.9 Å². The first kappa shape index (κ1) is 18.1. The first-order chi connectivity index (χ1) is 11.0. The summed E-state index contributed by atoms with van der Waals surface area (Å²) in [7, 11) is -3.66. The van der Waals surface area contributed by atoms with Crippen molar-refractivity contribution in [3.8, 4) is 0 Å². The predicted octanol–water partition coefficient (Wildman–Crippen LogP) is 2.53. The quantitative estimate of drug-likeness (QED) is 0.667. The van der Waals surface area contributed by atoms with Gasteiger partial charge in [-0.3, -0.25) is 0 Å². The highest BCUT2D eigenvalue weighted by Crippen LogP contribution is 2.45. The van der Waals surface area contributed by atoms with Crippen LogP contribution in [0, 0.1) is 0 Å². The van der Waals surface area contributed by atoms with Gasteiger partial charge in [0.1, 0.15) is 0 Å². The molecule has 0 atom stereocenters. The third-order valence-electron chi connectivity index (χ3n) is 4.03. The van der Waals surface area contributed by atoms with Crippen LogP contribution in [0.4, 0.5) is 4.79 Å². The Kier molecular flexibility index (Phi) is 6.35. The van der Waals surface area contributed by atoms with Gasteiger partial charge in [0.15, 0.2) is 0 Å². The first-order valence-corrected chi connectivity index (χ1v) is 10.7. The maximum absolute atomic E-state index is 12.5. The fourth-order valence-electron chi connectivity index (χ4n) is 2.49. The highest BCUT2D eigenvalue weighted by atomic mass is 32.2. The topological polar surface area (TPSA) is 75.3 Å². The molecule has 0 heterocycles. The lowest BCUT2D eigenvalue weighted by atomic mass is 10.1. The minimum absolute atomic E-state index is 0.449. The second-order valence-electron chi connectivity index (χ2n) is 5.91. The van der Waals surface area contributed by atoms with E-state index in [1.807, 2.05) is 36.6 Å². The number of amides is 2. The van der Waals surface area contributed by atoms with Crippen LogP contribution >= 0.6 is 11.8 Å². The summed E-state index contributed by atoms with van der Waals surface area (Å²) in [6.45, 7) is 0.494. The SMILES string of the molecule is CSCCCCNC(=O)NS(=O)(=O)C1(Cc2ccccc2)CC1. The zero-order chi connectivity index (χ0) is 16.8. The number of unbranched alkanes of at least 4 members (excludes halogenated alkanes) is 1. The molecule has 0 aliphatic heterocycles. The lowest BCUT2D eigenvalue weighted by Gasteiger charge is -2.17. The Morgan fingerprint density at radius 2 is 1.91 bits per heavy atom. The van der Waals surface area contributed by atoms with E-state index in [4.69, 9.17) is 0 Å². The maximum atomic E-state index is 12.5. The lowest BCUT2D eigenvalue weighted by Crippen LogP contribution is -2.45. The van der Waals surface area contributed by atoms with E-state index in [-0.39, 0.29) is 0 Å².